The second kappa shape index (κ2) is 7.69. The summed E-state index contributed by atoms with van der Waals surface area (Å²) < 4.78 is 0. The quantitative estimate of drug-likeness (QED) is 0.447. The third-order valence-electron chi connectivity index (χ3n) is 10.4. The minimum absolute atomic E-state index is 0.314. The molecule has 0 aromatic rings. The Morgan fingerprint density at radius 2 is 1.69 bits per heavy atom. The van der Waals surface area contributed by atoms with E-state index in [-0.39, 0.29) is 0 Å². The van der Waals surface area contributed by atoms with Crippen LogP contribution in [0.25, 0.3) is 0 Å². The lowest BCUT2D eigenvalue weighted by atomic mass is 9.46. The van der Waals surface area contributed by atoms with Crippen molar-refractivity contribution in [3.8, 4) is 0 Å². The summed E-state index contributed by atoms with van der Waals surface area (Å²) in [4.78, 5) is 12.0. The van der Waals surface area contributed by atoms with Crippen LogP contribution in [0.15, 0.2) is 23.8 Å². The third-order valence-corrected chi connectivity index (χ3v) is 10.4. The number of allylic oxidation sites excluding steroid dienone is 3. The second-order valence-corrected chi connectivity index (χ2v) is 12.0. The zero-order valence-corrected chi connectivity index (χ0v) is 19.8. The number of rotatable bonds is 4. The third kappa shape index (κ3) is 3.49. The van der Waals surface area contributed by atoms with Gasteiger partial charge in [0.05, 0.1) is 0 Å². The zero-order valence-electron chi connectivity index (χ0n) is 19.8. The fourth-order valence-corrected chi connectivity index (χ4v) is 8.17. The number of ketones is 1. The highest BCUT2D eigenvalue weighted by Crippen LogP contribution is 2.67. The van der Waals surface area contributed by atoms with Gasteiger partial charge in [-0.05, 0) is 103 Å². The van der Waals surface area contributed by atoms with E-state index in [1.54, 1.807) is 0 Å². The Kier molecular flexibility index (Phi) is 5.67. The lowest BCUT2D eigenvalue weighted by molar-refractivity contribution is -0.117. The van der Waals surface area contributed by atoms with E-state index in [2.05, 4.69) is 53.7 Å². The summed E-state index contributed by atoms with van der Waals surface area (Å²) in [5, 5.41) is 0. The van der Waals surface area contributed by atoms with Gasteiger partial charge in [0.15, 0.2) is 5.78 Å². The van der Waals surface area contributed by atoms with Gasteiger partial charge in [-0.3, -0.25) is 4.79 Å². The predicted octanol–water partition coefficient (Wildman–Crippen LogP) is 7.62. The summed E-state index contributed by atoms with van der Waals surface area (Å²) in [6, 6.07) is 0. The molecular weight excluding hydrogens is 352 g/mol. The van der Waals surface area contributed by atoms with Gasteiger partial charge in [-0.2, -0.15) is 0 Å². The van der Waals surface area contributed by atoms with Crippen LogP contribution in [0.4, 0.5) is 0 Å². The predicted molar refractivity (Wildman–Crippen MR) is 123 cm³/mol. The van der Waals surface area contributed by atoms with Crippen LogP contribution in [-0.4, -0.2) is 5.78 Å². The highest BCUT2D eigenvalue weighted by atomic mass is 16.1. The van der Waals surface area contributed by atoms with Crippen molar-refractivity contribution in [2.75, 3.05) is 0 Å². The van der Waals surface area contributed by atoms with Gasteiger partial charge >= 0.3 is 0 Å². The first-order valence-electron chi connectivity index (χ1n) is 12.6. The normalized spacial score (nSPS) is 44.2. The summed E-state index contributed by atoms with van der Waals surface area (Å²) in [5.41, 5.74) is 2.34. The smallest absolute Gasteiger partial charge is 0.155 e. The molecule has 0 amide bonds. The molecule has 0 saturated heterocycles. The van der Waals surface area contributed by atoms with Gasteiger partial charge in [-0.25, -0.2) is 0 Å². The maximum Gasteiger partial charge on any atom is 0.155 e. The fourth-order valence-electron chi connectivity index (χ4n) is 8.17. The molecule has 0 spiro atoms. The zero-order chi connectivity index (χ0) is 21.0. The van der Waals surface area contributed by atoms with Crippen LogP contribution >= 0.6 is 0 Å². The Morgan fingerprint density at radius 1 is 0.931 bits per heavy atom. The van der Waals surface area contributed by atoms with Crippen molar-refractivity contribution in [2.24, 2.45) is 52.3 Å². The lowest BCUT2D eigenvalue weighted by Crippen LogP contribution is -2.50. The number of carbonyl (C=O) groups is 1. The molecule has 0 unspecified atom stereocenters. The molecule has 4 aliphatic rings. The van der Waals surface area contributed by atoms with E-state index in [9.17, 15) is 4.79 Å². The topological polar surface area (TPSA) is 17.1 Å². The van der Waals surface area contributed by atoms with Gasteiger partial charge in [0.1, 0.15) is 0 Å². The van der Waals surface area contributed by atoms with E-state index < -0.39 is 0 Å². The molecule has 1 nitrogen and oxygen atoms in total. The standard InChI is InChI=1S/C28H44O/c1-18(2)19(3)7-8-20(4)24-11-12-25-23-10-9-21-17-22(29)13-15-27(21,5)26(23)14-16-28(24,25)6/h7-8,17-20,23-26H,9-16H2,1-6H3/b8-7+/t19-,20-,23-,24+,25-,26-,27-,28+/m0/s1. The molecule has 3 fully saturated rings. The highest BCUT2D eigenvalue weighted by molar-refractivity contribution is 5.91. The summed E-state index contributed by atoms with van der Waals surface area (Å²) in [6.07, 6.45) is 17.2. The largest absolute Gasteiger partial charge is 0.295 e. The molecule has 0 bridgehead atoms. The van der Waals surface area contributed by atoms with Gasteiger partial charge < -0.3 is 0 Å². The van der Waals surface area contributed by atoms with Crippen LogP contribution in [0.1, 0.15) is 92.9 Å². The molecule has 162 valence electrons. The van der Waals surface area contributed by atoms with E-state index in [1.165, 1.54) is 44.1 Å². The number of fused-ring (bicyclic) bond motifs is 5. The van der Waals surface area contributed by atoms with Gasteiger partial charge in [0.25, 0.3) is 0 Å². The van der Waals surface area contributed by atoms with Crippen molar-refractivity contribution in [3.05, 3.63) is 23.8 Å². The van der Waals surface area contributed by atoms with Crippen molar-refractivity contribution in [1.29, 1.82) is 0 Å². The molecule has 0 radical (unpaired) electrons. The van der Waals surface area contributed by atoms with Crippen LogP contribution < -0.4 is 0 Å². The van der Waals surface area contributed by atoms with Crippen LogP contribution in [0, 0.1) is 52.3 Å². The van der Waals surface area contributed by atoms with E-state index in [0.717, 1.165) is 42.4 Å². The van der Waals surface area contributed by atoms with E-state index >= 15 is 0 Å². The number of hydrogen-bond acceptors (Lipinski definition) is 1. The molecule has 0 aromatic carbocycles. The molecule has 4 rings (SSSR count). The molecule has 0 N–H and O–H groups in total. The van der Waals surface area contributed by atoms with Crippen LogP contribution in [0.5, 0.6) is 0 Å². The Hall–Kier alpha value is -0.850. The van der Waals surface area contributed by atoms with Gasteiger partial charge in [-0.15, -0.1) is 0 Å². The number of carbonyl (C=O) groups excluding carboxylic acids is 1. The van der Waals surface area contributed by atoms with Gasteiger partial charge in [0.2, 0.25) is 0 Å². The molecule has 0 heterocycles. The number of hydrogen-bond donors (Lipinski definition) is 0. The molecule has 29 heavy (non-hydrogen) atoms. The van der Waals surface area contributed by atoms with Crippen LogP contribution in [0.3, 0.4) is 0 Å². The van der Waals surface area contributed by atoms with Crippen molar-refractivity contribution in [1.82, 2.24) is 0 Å². The fraction of sp³-hybridized carbons (Fsp3) is 0.821. The van der Waals surface area contributed by atoms with Crippen LogP contribution in [-0.2, 0) is 4.79 Å². The van der Waals surface area contributed by atoms with Crippen LogP contribution in [0.2, 0.25) is 0 Å². The minimum Gasteiger partial charge on any atom is -0.295 e. The molecular formula is C28H44O. The average Bonchev–Trinajstić information content (AvgIpc) is 3.03. The Labute approximate surface area is 179 Å². The monoisotopic (exact) mass is 396 g/mol. The molecule has 8 atom stereocenters. The molecule has 0 aromatic heterocycles. The Balaban J connectivity index is 1.53. The van der Waals surface area contributed by atoms with Crippen molar-refractivity contribution in [2.45, 2.75) is 92.9 Å². The first-order valence-corrected chi connectivity index (χ1v) is 12.6. The summed E-state index contributed by atoms with van der Waals surface area (Å²) in [5.74, 6) is 5.95. The Bertz CT molecular complexity index is 699. The van der Waals surface area contributed by atoms with Crippen molar-refractivity contribution < 1.29 is 4.79 Å². The Morgan fingerprint density at radius 3 is 2.41 bits per heavy atom. The van der Waals surface area contributed by atoms with Gasteiger partial charge in [-0.1, -0.05) is 59.3 Å². The van der Waals surface area contributed by atoms with E-state index in [0.29, 0.717) is 28.4 Å². The molecule has 0 aliphatic heterocycles. The first kappa shape index (κ1) is 21.4. The van der Waals surface area contributed by atoms with Crippen molar-refractivity contribution >= 4 is 5.78 Å². The van der Waals surface area contributed by atoms with E-state index in [4.69, 9.17) is 0 Å². The van der Waals surface area contributed by atoms with Crippen molar-refractivity contribution in [3.63, 3.8) is 0 Å². The highest BCUT2D eigenvalue weighted by Gasteiger charge is 2.59. The van der Waals surface area contributed by atoms with Gasteiger partial charge in [0, 0.05) is 6.42 Å². The molecule has 3 saturated carbocycles. The lowest BCUT2D eigenvalue weighted by Gasteiger charge is -2.58. The van der Waals surface area contributed by atoms with E-state index in [1.807, 2.05) is 6.08 Å². The maximum atomic E-state index is 12.0. The summed E-state index contributed by atoms with van der Waals surface area (Å²) in [6.45, 7) is 14.7. The summed E-state index contributed by atoms with van der Waals surface area (Å²) in [7, 11) is 0. The SMILES string of the molecule is CC(C)[C@@H](C)/C=C/[C@H](C)[C@H]1CC[C@H]2[C@@H]3CCC4=CC(=O)CC[C@]4(C)[C@H]3CC[C@]12C. The minimum atomic E-state index is 0.314. The maximum absolute atomic E-state index is 12.0. The summed E-state index contributed by atoms with van der Waals surface area (Å²) >= 11 is 0. The first-order chi connectivity index (χ1) is 13.7. The molecule has 4 aliphatic carbocycles. The second-order valence-electron chi connectivity index (χ2n) is 12.0. The average molecular weight is 397 g/mol. The molecule has 1 heteroatoms.